The van der Waals surface area contributed by atoms with Crippen molar-refractivity contribution >= 4 is 17.1 Å². The molecule has 0 saturated carbocycles. The van der Waals surface area contributed by atoms with E-state index in [1.54, 1.807) is 13.8 Å². The van der Waals surface area contributed by atoms with Gasteiger partial charge in [0.05, 0.1) is 15.4 Å². The highest BCUT2D eigenvalue weighted by molar-refractivity contribution is 5.76. The maximum atomic E-state index is 12.8. The molecule has 0 atom stereocenters. The van der Waals surface area contributed by atoms with Crippen molar-refractivity contribution < 1.29 is 23.0 Å². The van der Waals surface area contributed by atoms with Gasteiger partial charge in [0.15, 0.2) is 5.69 Å². The third kappa shape index (κ3) is 4.30. The lowest BCUT2D eigenvalue weighted by Gasteiger charge is -2.23. The molecule has 23 heavy (non-hydrogen) atoms. The summed E-state index contributed by atoms with van der Waals surface area (Å²) < 4.78 is 38.5. The summed E-state index contributed by atoms with van der Waals surface area (Å²) in [5.74, 6) is 0. The van der Waals surface area contributed by atoms with Crippen LogP contribution >= 0.6 is 0 Å². The summed E-state index contributed by atoms with van der Waals surface area (Å²) in [5, 5.41) is 22.4. The SMILES string of the molecule is CCCN(CCC)[14c]1[14c]([N+](=O)[O-])[14cH][14c](C(F)(F)F)[14cH][14c]1[N+](=O)[O-]. The summed E-state index contributed by atoms with van der Waals surface area (Å²) in [6, 6.07) is 0.696. The summed E-state index contributed by atoms with van der Waals surface area (Å²) in [6.45, 7) is 4.07. The van der Waals surface area contributed by atoms with Gasteiger partial charge in [-0.15, -0.1) is 0 Å². The van der Waals surface area contributed by atoms with Gasteiger partial charge in [-0.1, -0.05) is 13.8 Å². The first-order valence-corrected chi connectivity index (χ1v) is 6.92. The maximum absolute atomic E-state index is 12.8. The molecule has 0 unspecified atom stereocenters. The minimum Gasteiger partial charge on any atom is -0.360 e. The van der Waals surface area contributed by atoms with Gasteiger partial charge in [0, 0.05) is 25.2 Å². The van der Waals surface area contributed by atoms with Gasteiger partial charge in [-0.05, 0) is 12.8 Å². The van der Waals surface area contributed by atoms with Crippen molar-refractivity contribution in [2.75, 3.05) is 18.0 Å². The lowest BCUT2D eigenvalue weighted by Crippen LogP contribution is -2.27. The van der Waals surface area contributed by atoms with E-state index in [9.17, 15) is 33.4 Å². The van der Waals surface area contributed by atoms with Gasteiger partial charge >= 0.3 is 6.18 Å². The first-order chi connectivity index (χ1) is 10.6. The van der Waals surface area contributed by atoms with E-state index in [-0.39, 0.29) is 18.8 Å². The Morgan fingerprint density at radius 3 is 1.65 bits per heavy atom. The maximum Gasteiger partial charge on any atom is 0.416 e. The average molecular weight is 347 g/mol. The Hall–Kier alpha value is -2.39. The largest absolute Gasteiger partial charge is 0.416 e. The average Bonchev–Trinajstić information content (AvgIpc) is 2.44. The Labute approximate surface area is 130 Å². The van der Waals surface area contributed by atoms with Crippen LogP contribution in [0.2, 0.25) is 0 Å². The first-order valence-electron chi connectivity index (χ1n) is 6.92. The molecule has 0 aliphatic heterocycles. The van der Waals surface area contributed by atoms with E-state index in [4.69, 9.17) is 0 Å². The molecule has 128 valence electrons. The highest BCUT2D eigenvalue weighted by atomic mass is 19.4. The zero-order chi connectivity index (χ0) is 17.8. The number of benzene rings is 1. The molecule has 0 aliphatic carbocycles. The predicted octanol–water partition coefficient (Wildman–Crippen LogP) is 4.15. The first kappa shape index (κ1) is 18.7. The van der Waals surface area contributed by atoms with E-state index in [0.29, 0.717) is 25.0 Å². The number of hydrogen-bond donors (Lipinski definition) is 0. The van der Waals surface area contributed by atoms with Crippen LogP contribution in [0.4, 0.5) is 30.2 Å². The van der Waals surface area contributed by atoms with Gasteiger partial charge in [0.2, 0.25) is 0 Å². The molecular formula is C13H16F3N3O4. The number of nitrogens with zero attached hydrogens (tertiary/aromatic N) is 3. The van der Waals surface area contributed by atoms with Crippen molar-refractivity contribution in [3.8, 4) is 0 Å². The van der Waals surface area contributed by atoms with Crippen LogP contribution in [0, 0.1) is 20.2 Å². The zero-order valence-electron chi connectivity index (χ0n) is 12.6. The molecule has 0 radical (unpaired) electrons. The molecule has 1 aromatic carbocycles. The quantitative estimate of drug-likeness (QED) is 0.546. The molecule has 0 fully saturated rings. The van der Waals surface area contributed by atoms with E-state index in [2.05, 4.69) is 0 Å². The third-order valence-electron chi connectivity index (χ3n) is 3.09. The lowest BCUT2D eigenvalue weighted by molar-refractivity contribution is -0.393. The Bertz CT molecular complexity index is 564. The summed E-state index contributed by atoms with van der Waals surface area (Å²) in [7, 11) is 0. The molecule has 0 heterocycles. The minimum atomic E-state index is -4.91. The van der Waals surface area contributed by atoms with E-state index in [0.717, 1.165) is 0 Å². The van der Waals surface area contributed by atoms with Gasteiger partial charge in [0.25, 0.3) is 11.4 Å². The second-order valence-electron chi connectivity index (χ2n) is 4.86. The van der Waals surface area contributed by atoms with Crippen LogP contribution in [0.25, 0.3) is 0 Å². The van der Waals surface area contributed by atoms with E-state index < -0.39 is 33.0 Å². The van der Waals surface area contributed by atoms with Gasteiger partial charge in [-0.2, -0.15) is 13.2 Å². The van der Waals surface area contributed by atoms with Crippen LogP contribution in [0.1, 0.15) is 32.3 Å². The Morgan fingerprint density at radius 2 is 1.39 bits per heavy atom. The molecule has 7 nitrogen and oxygen atoms in total. The molecular weight excluding hydrogens is 331 g/mol. The minimum absolute atomic E-state index is 0.265. The lowest BCUT2D eigenvalue weighted by atomic mass is 10.4. The Balaban J connectivity index is 3.70. The summed E-state index contributed by atoms with van der Waals surface area (Å²) in [6.07, 6.45) is -3.83. The number of nitro benzene ring substituents is 2. The van der Waals surface area contributed by atoms with Crippen molar-refractivity contribution in [2.45, 2.75) is 32.9 Å². The molecule has 0 aliphatic rings. The number of halogens is 3. The summed E-state index contributed by atoms with van der Waals surface area (Å²) >= 11 is 0. The molecule has 0 aromatic heterocycles. The highest BCUT2D eigenvalue weighted by Crippen LogP contribution is 2.43. The standard InChI is InChI=1S/C13H16F3N3O4/c1-3-5-17(6-4-2)12-10(18(20)21)7-9(13(14,15)16)8-11(12)19(22)23/h7-8H,3-6H2,1-2H3/i7+2,8+2,9+2,10+2,11+2,12+2. The predicted molar refractivity (Wildman–Crippen MR) is 77.5 cm³/mol. The van der Waals surface area contributed by atoms with E-state index in [1.165, 1.54) is 4.90 Å². The van der Waals surface area contributed by atoms with Crippen LogP contribution in [0.15, 0.2) is 12.1 Å². The summed E-state index contributed by atoms with van der Waals surface area (Å²) in [5.41, 5.74) is -3.61. The second kappa shape index (κ2) is 7.25. The van der Waals surface area contributed by atoms with Crippen molar-refractivity contribution in [3.05, 3.63) is 37.9 Å². The normalized spacial score (nSPS) is 11.3. The van der Waals surface area contributed by atoms with Gasteiger partial charge < -0.3 is 4.90 Å². The van der Waals surface area contributed by atoms with Gasteiger partial charge in [0.1, 0.15) is 0 Å². The molecule has 0 saturated heterocycles. The van der Waals surface area contributed by atoms with Crippen LogP contribution < -0.4 is 4.90 Å². The second-order valence-corrected chi connectivity index (χ2v) is 4.86. The van der Waals surface area contributed by atoms with Crippen LogP contribution in [-0.4, -0.2) is 22.9 Å². The number of anilines is 1. The molecule has 0 amide bonds. The number of hydrogen-bond acceptors (Lipinski definition) is 5. The highest BCUT2D eigenvalue weighted by Gasteiger charge is 2.38. The third-order valence-corrected chi connectivity index (χ3v) is 3.09. The monoisotopic (exact) mass is 347 g/mol. The molecule has 0 bridgehead atoms. The molecule has 0 spiro atoms. The van der Waals surface area contributed by atoms with Crippen molar-refractivity contribution in [1.29, 1.82) is 0 Å². The Morgan fingerprint density at radius 1 is 1.00 bits per heavy atom. The number of rotatable bonds is 7. The smallest absolute Gasteiger partial charge is 0.360 e. The molecule has 0 N–H and O–H groups in total. The number of alkyl halides is 3. The Kier molecular flexibility index (Phi) is 5.88. The zero-order valence-corrected chi connectivity index (χ0v) is 12.6. The van der Waals surface area contributed by atoms with Crippen LogP contribution in [0.5, 0.6) is 0 Å². The molecule has 10 heteroatoms. The fraction of sp³-hybridized carbons (Fsp3) is 0.538. The molecule has 1 rings (SSSR count). The van der Waals surface area contributed by atoms with Crippen LogP contribution in [-0.2, 0) is 6.18 Å². The van der Waals surface area contributed by atoms with Gasteiger partial charge in [-0.3, -0.25) is 20.2 Å². The van der Waals surface area contributed by atoms with E-state index >= 15 is 0 Å². The van der Waals surface area contributed by atoms with Crippen molar-refractivity contribution in [3.63, 3.8) is 0 Å². The van der Waals surface area contributed by atoms with Crippen LogP contribution in [0.3, 0.4) is 0 Å². The molecule has 1 aromatic rings. The number of nitro groups is 2. The fourth-order valence-electron chi connectivity index (χ4n) is 2.25. The fourth-order valence-corrected chi connectivity index (χ4v) is 2.25. The van der Waals surface area contributed by atoms with Gasteiger partial charge in [-0.25, -0.2) is 0 Å². The topological polar surface area (TPSA) is 89.5 Å². The summed E-state index contributed by atoms with van der Waals surface area (Å²) in [4.78, 5) is 21.7. The van der Waals surface area contributed by atoms with Crippen molar-refractivity contribution in [1.82, 2.24) is 0 Å². The van der Waals surface area contributed by atoms with Crippen molar-refractivity contribution in [2.24, 2.45) is 0 Å². The van der Waals surface area contributed by atoms with E-state index in [1.807, 2.05) is 0 Å².